The predicted molar refractivity (Wildman–Crippen MR) is 65.8 cm³/mol. The first-order valence-corrected chi connectivity index (χ1v) is 5.68. The molecule has 0 aliphatic carbocycles. The van der Waals surface area contributed by atoms with E-state index in [0.717, 1.165) is 6.42 Å². The van der Waals surface area contributed by atoms with Gasteiger partial charge in [-0.1, -0.05) is 33.8 Å². The molecule has 1 fully saturated rings. The SMILES string of the molecule is C=C[C@H]1CC(C)OC(O)C1.CC.CC.O. The zero-order chi connectivity index (χ0) is 11.6. The minimum absolute atomic E-state index is 0. The van der Waals surface area contributed by atoms with Crippen LogP contribution in [0.3, 0.4) is 0 Å². The Kier molecular flexibility index (Phi) is 18.2. The van der Waals surface area contributed by atoms with Crippen LogP contribution in [-0.4, -0.2) is 23.0 Å². The van der Waals surface area contributed by atoms with Gasteiger partial charge in [-0.2, -0.15) is 0 Å². The topological polar surface area (TPSA) is 61.0 Å². The minimum atomic E-state index is -0.577. The monoisotopic (exact) mass is 220 g/mol. The van der Waals surface area contributed by atoms with Crippen molar-refractivity contribution < 1.29 is 15.3 Å². The molecule has 3 N–H and O–H groups in total. The van der Waals surface area contributed by atoms with E-state index in [1.807, 2.05) is 40.7 Å². The Morgan fingerprint density at radius 3 is 2.00 bits per heavy atom. The van der Waals surface area contributed by atoms with Crippen LogP contribution in [0.25, 0.3) is 0 Å². The predicted octanol–water partition coefficient (Wildman–Crippen LogP) is 2.53. The summed E-state index contributed by atoms with van der Waals surface area (Å²) in [7, 11) is 0. The van der Waals surface area contributed by atoms with E-state index in [1.54, 1.807) is 0 Å². The number of hydrogen-bond acceptors (Lipinski definition) is 2. The number of hydrogen-bond donors (Lipinski definition) is 1. The van der Waals surface area contributed by atoms with E-state index in [9.17, 15) is 0 Å². The third kappa shape index (κ3) is 9.91. The van der Waals surface area contributed by atoms with Crippen molar-refractivity contribution in [3.05, 3.63) is 12.7 Å². The summed E-state index contributed by atoms with van der Waals surface area (Å²) in [4.78, 5) is 0. The first-order valence-electron chi connectivity index (χ1n) is 5.68. The Bertz CT molecular complexity index is 116. The maximum Gasteiger partial charge on any atom is 0.155 e. The van der Waals surface area contributed by atoms with Gasteiger partial charge in [-0.05, 0) is 19.3 Å². The van der Waals surface area contributed by atoms with Crippen molar-refractivity contribution in [1.82, 2.24) is 0 Å². The molecule has 1 aliphatic heterocycles. The molecule has 1 rings (SSSR count). The number of allylic oxidation sites excluding steroid dienone is 1. The standard InChI is InChI=1S/C8H14O2.2C2H6.H2O/c1-3-7-4-6(2)10-8(9)5-7;2*1-2;/h3,6-9H,1,4-5H2,2H3;2*1-2H3;1H2/t6?,7-,8?;;;/m0.../s1. The summed E-state index contributed by atoms with van der Waals surface area (Å²) in [6, 6.07) is 0. The van der Waals surface area contributed by atoms with Crippen molar-refractivity contribution in [2.75, 3.05) is 0 Å². The highest BCUT2D eigenvalue weighted by Gasteiger charge is 2.22. The van der Waals surface area contributed by atoms with E-state index in [4.69, 9.17) is 9.84 Å². The molecule has 15 heavy (non-hydrogen) atoms. The molecule has 94 valence electrons. The van der Waals surface area contributed by atoms with Gasteiger partial charge in [0, 0.05) is 6.42 Å². The highest BCUT2D eigenvalue weighted by molar-refractivity contribution is 4.83. The summed E-state index contributed by atoms with van der Waals surface area (Å²) in [5.41, 5.74) is 0. The van der Waals surface area contributed by atoms with Crippen molar-refractivity contribution in [3.63, 3.8) is 0 Å². The molecule has 3 heteroatoms. The van der Waals surface area contributed by atoms with E-state index < -0.39 is 6.29 Å². The third-order valence-electron chi connectivity index (χ3n) is 1.86. The summed E-state index contributed by atoms with van der Waals surface area (Å²) < 4.78 is 5.13. The first-order chi connectivity index (χ1) is 6.72. The van der Waals surface area contributed by atoms with Crippen LogP contribution >= 0.6 is 0 Å². The smallest absolute Gasteiger partial charge is 0.155 e. The maximum atomic E-state index is 9.11. The van der Waals surface area contributed by atoms with Crippen LogP contribution in [-0.2, 0) is 4.74 Å². The van der Waals surface area contributed by atoms with Crippen LogP contribution < -0.4 is 0 Å². The van der Waals surface area contributed by atoms with Gasteiger partial charge in [0.2, 0.25) is 0 Å². The number of aliphatic hydroxyl groups excluding tert-OH is 1. The average molecular weight is 220 g/mol. The zero-order valence-corrected chi connectivity index (χ0v) is 10.8. The Morgan fingerprint density at radius 2 is 1.67 bits per heavy atom. The molecular weight excluding hydrogens is 192 g/mol. The largest absolute Gasteiger partial charge is 0.412 e. The van der Waals surface area contributed by atoms with Gasteiger partial charge >= 0.3 is 0 Å². The zero-order valence-electron chi connectivity index (χ0n) is 10.8. The quantitative estimate of drug-likeness (QED) is 0.690. The second-order valence-corrected chi connectivity index (χ2v) is 2.87. The minimum Gasteiger partial charge on any atom is -0.412 e. The number of aliphatic hydroxyl groups is 1. The van der Waals surface area contributed by atoms with E-state index in [0.29, 0.717) is 12.3 Å². The molecule has 1 saturated heterocycles. The number of rotatable bonds is 1. The molecule has 0 bridgehead atoms. The summed E-state index contributed by atoms with van der Waals surface area (Å²) >= 11 is 0. The Labute approximate surface area is 94.5 Å². The molecule has 0 amide bonds. The lowest BCUT2D eigenvalue weighted by atomic mass is 9.96. The van der Waals surface area contributed by atoms with Gasteiger partial charge in [-0.3, -0.25) is 0 Å². The lowest BCUT2D eigenvalue weighted by Gasteiger charge is -2.28. The Morgan fingerprint density at radius 1 is 1.20 bits per heavy atom. The molecule has 0 aromatic heterocycles. The van der Waals surface area contributed by atoms with Crippen LogP contribution in [0, 0.1) is 5.92 Å². The molecule has 0 radical (unpaired) electrons. The summed E-state index contributed by atoms with van der Waals surface area (Å²) in [5.74, 6) is 0.429. The van der Waals surface area contributed by atoms with E-state index in [-0.39, 0.29) is 11.6 Å². The van der Waals surface area contributed by atoms with Crippen molar-refractivity contribution in [2.45, 2.75) is 59.9 Å². The van der Waals surface area contributed by atoms with E-state index in [2.05, 4.69) is 6.58 Å². The third-order valence-corrected chi connectivity index (χ3v) is 1.86. The number of ether oxygens (including phenoxy) is 1. The summed E-state index contributed by atoms with van der Waals surface area (Å²) in [6.07, 6.45) is 3.18. The molecule has 0 spiro atoms. The van der Waals surface area contributed by atoms with Crippen molar-refractivity contribution >= 4 is 0 Å². The molecule has 0 aromatic rings. The van der Waals surface area contributed by atoms with Crippen LogP contribution in [0.2, 0.25) is 0 Å². The molecule has 3 atom stereocenters. The fourth-order valence-electron chi connectivity index (χ4n) is 1.35. The van der Waals surface area contributed by atoms with Crippen molar-refractivity contribution in [1.29, 1.82) is 0 Å². The maximum absolute atomic E-state index is 9.11. The molecule has 3 nitrogen and oxygen atoms in total. The van der Waals surface area contributed by atoms with Crippen molar-refractivity contribution in [3.8, 4) is 0 Å². The molecular formula is C12H28O3. The fourth-order valence-corrected chi connectivity index (χ4v) is 1.35. The van der Waals surface area contributed by atoms with E-state index in [1.165, 1.54) is 0 Å². The van der Waals surface area contributed by atoms with Gasteiger partial charge in [0.15, 0.2) is 6.29 Å². The van der Waals surface area contributed by atoms with Gasteiger partial charge in [0.1, 0.15) is 0 Å². The van der Waals surface area contributed by atoms with Crippen LogP contribution in [0.4, 0.5) is 0 Å². The summed E-state index contributed by atoms with van der Waals surface area (Å²) in [5, 5.41) is 9.11. The first kappa shape index (κ1) is 20.1. The Balaban J connectivity index is -0.000000258. The lowest BCUT2D eigenvalue weighted by molar-refractivity contribution is -0.166. The van der Waals surface area contributed by atoms with E-state index >= 15 is 0 Å². The lowest BCUT2D eigenvalue weighted by Crippen LogP contribution is -2.29. The second kappa shape index (κ2) is 13.6. The van der Waals surface area contributed by atoms with Gasteiger partial charge in [-0.15, -0.1) is 6.58 Å². The summed E-state index contributed by atoms with van der Waals surface area (Å²) in [6.45, 7) is 13.7. The second-order valence-electron chi connectivity index (χ2n) is 2.87. The molecule has 0 saturated carbocycles. The van der Waals surface area contributed by atoms with Gasteiger partial charge in [-0.25, -0.2) is 0 Å². The van der Waals surface area contributed by atoms with Gasteiger partial charge < -0.3 is 15.3 Å². The molecule has 1 aliphatic rings. The van der Waals surface area contributed by atoms with Gasteiger partial charge in [0.05, 0.1) is 6.10 Å². The normalized spacial score (nSPS) is 28.3. The van der Waals surface area contributed by atoms with Crippen molar-refractivity contribution in [2.24, 2.45) is 5.92 Å². The Hall–Kier alpha value is -0.380. The van der Waals surface area contributed by atoms with Crippen LogP contribution in [0.1, 0.15) is 47.5 Å². The average Bonchev–Trinajstić information content (AvgIpc) is 2.22. The van der Waals surface area contributed by atoms with Gasteiger partial charge in [0.25, 0.3) is 0 Å². The fraction of sp³-hybridized carbons (Fsp3) is 0.833. The molecule has 0 aromatic carbocycles. The highest BCUT2D eigenvalue weighted by Crippen LogP contribution is 2.23. The van der Waals surface area contributed by atoms with Crippen LogP contribution in [0.15, 0.2) is 12.7 Å². The molecule has 2 unspecified atom stereocenters. The van der Waals surface area contributed by atoms with Crippen LogP contribution in [0.5, 0.6) is 0 Å². The molecule has 1 heterocycles. The highest BCUT2D eigenvalue weighted by atomic mass is 16.6.